The molecule has 86 valence electrons. The molecule has 2 rings (SSSR count). The first-order chi connectivity index (χ1) is 7.58. The van der Waals surface area contributed by atoms with Gasteiger partial charge in [-0.2, -0.15) is 5.10 Å². The van der Waals surface area contributed by atoms with Gasteiger partial charge in [0.15, 0.2) is 0 Å². The van der Waals surface area contributed by atoms with Gasteiger partial charge in [0, 0.05) is 32.4 Å². The summed E-state index contributed by atoms with van der Waals surface area (Å²) in [6.07, 6.45) is 0.727. The zero-order valence-corrected chi connectivity index (χ0v) is 9.33. The summed E-state index contributed by atoms with van der Waals surface area (Å²) in [7, 11) is 0. The van der Waals surface area contributed by atoms with Crippen LogP contribution in [0, 0.1) is 0 Å². The average Bonchev–Trinajstić information content (AvgIpc) is 2.60. The topological polar surface area (TPSA) is 78.1 Å². The molecule has 1 aromatic rings. The van der Waals surface area contributed by atoms with Crippen molar-refractivity contribution in [2.24, 2.45) is 0 Å². The van der Waals surface area contributed by atoms with Crippen LogP contribution < -0.4 is 5.32 Å². The lowest BCUT2D eigenvalue weighted by molar-refractivity contribution is -0.129. The fourth-order valence-corrected chi connectivity index (χ4v) is 1.84. The summed E-state index contributed by atoms with van der Waals surface area (Å²) in [5.41, 5.74) is 1.85. The summed E-state index contributed by atoms with van der Waals surface area (Å²) in [4.78, 5) is 24.0. The van der Waals surface area contributed by atoms with Crippen LogP contribution in [0.4, 0.5) is 5.82 Å². The van der Waals surface area contributed by atoms with Gasteiger partial charge in [-0.25, -0.2) is 0 Å². The number of hydrogen-bond donors (Lipinski definition) is 2. The van der Waals surface area contributed by atoms with Gasteiger partial charge in [0.1, 0.15) is 5.82 Å². The van der Waals surface area contributed by atoms with Crippen LogP contribution in [-0.4, -0.2) is 33.5 Å². The highest BCUT2D eigenvalue weighted by Crippen LogP contribution is 2.23. The zero-order valence-electron chi connectivity index (χ0n) is 9.33. The van der Waals surface area contributed by atoms with Gasteiger partial charge in [0.05, 0.1) is 12.2 Å². The molecule has 2 amide bonds. The molecule has 0 aromatic carbocycles. The predicted octanol–water partition coefficient (Wildman–Crippen LogP) is 0.273. The van der Waals surface area contributed by atoms with Crippen molar-refractivity contribution in [1.82, 2.24) is 15.1 Å². The number of H-pyrrole nitrogens is 1. The van der Waals surface area contributed by atoms with Crippen molar-refractivity contribution in [1.29, 1.82) is 0 Å². The van der Waals surface area contributed by atoms with Gasteiger partial charge in [0.25, 0.3) is 0 Å². The lowest BCUT2D eigenvalue weighted by atomic mass is 10.1. The minimum absolute atomic E-state index is 0.0422. The highest BCUT2D eigenvalue weighted by Gasteiger charge is 2.23. The van der Waals surface area contributed by atoms with Gasteiger partial charge in [0.2, 0.25) is 11.8 Å². The molecule has 0 atom stereocenters. The molecule has 0 radical (unpaired) electrons. The van der Waals surface area contributed by atoms with Crippen LogP contribution in [-0.2, 0) is 22.6 Å². The maximum absolute atomic E-state index is 11.3. The standard InChI is InChI=1S/C10H14N4O2/c1-6(15)11-10-8-5-14(7(2)16)4-3-9(8)12-13-10/h3-5H2,1-2H3,(H2,11,12,13,15). The smallest absolute Gasteiger partial charge is 0.222 e. The van der Waals surface area contributed by atoms with Crippen molar-refractivity contribution in [3.63, 3.8) is 0 Å². The number of aromatic nitrogens is 2. The molecule has 0 saturated heterocycles. The van der Waals surface area contributed by atoms with Gasteiger partial charge in [-0.3, -0.25) is 14.7 Å². The molecule has 16 heavy (non-hydrogen) atoms. The predicted molar refractivity (Wildman–Crippen MR) is 57.7 cm³/mol. The van der Waals surface area contributed by atoms with E-state index in [9.17, 15) is 9.59 Å². The number of aromatic amines is 1. The quantitative estimate of drug-likeness (QED) is 0.716. The van der Waals surface area contributed by atoms with Crippen molar-refractivity contribution >= 4 is 17.6 Å². The van der Waals surface area contributed by atoms with Crippen molar-refractivity contribution in [2.45, 2.75) is 26.8 Å². The molecule has 0 saturated carbocycles. The molecule has 0 aliphatic carbocycles. The largest absolute Gasteiger partial charge is 0.338 e. The Morgan fingerprint density at radius 1 is 1.44 bits per heavy atom. The molecule has 6 nitrogen and oxygen atoms in total. The van der Waals surface area contributed by atoms with Gasteiger partial charge in [-0.15, -0.1) is 0 Å². The second kappa shape index (κ2) is 3.96. The van der Waals surface area contributed by atoms with E-state index in [-0.39, 0.29) is 11.8 Å². The Labute approximate surface area is 93.0 Å². The van der Waals surface area contributed by atoms with E-state index in [1.165, 1.54) is 6.92 Å². The van der Waals surface area contributed by atoms with Crippen molar-refractivity contribution in [3.05, 3.63) is 11.3 Å². The number of nitrogens with one attached hydrogen (secondary N) is 2. The summed E-state index contributed by atoms with van der Waals surface area (Å²) in [6.45, 7) is 4.19. The number of anilines is 1. The van der Waals surface area contributed by atoms with Gasteiger partial charge < -0.3 is 10.2 Å². The van der Waals surface area contributed by atoms with E-state index in [4.69, 9.17) is 0 Å². The van der Waals surface area contributed by atoms with E-state index >= 15 is 0 Å². The summed E-state index contributed by atoms with van der Waals surface area (Å²) in [5.74, 6) is 0.500. The molecule has 2 N–H and O–H groups in total. The first kappa shape index (κ1) is 10.7. The molecule has 1 aliphatic rings. The number of hydrogen-bond acceptors (Lipinski definition) is 3. The Balaban J connectivity index is 2.24. The first-order valence-corrected chi connectivity index (χ1v) is 5.17. The normalized spacial score (nSPS) is 14.5. The fourth-order valence-electron chi connectivity index (χ4n) is 1.84. The molecule has 6 heteroatoms. The van der Waals surface area contributed by atoms with Crippen molar-refractivity contribution in [3.8, 4) is 0 Å². The SMILES string of the molecule is CC(=O)Nc1[nH]nc2c1CN(C(C)=O)CC2. The zero-order chi connectivity index (χ0) is 11.7. The van der Waals surface area contributed by atoms with Crippen molar-refractivity contribution in [2.75, 3.05) is 11.9 Å². The molecule has 1 aliphatic heterocycles. The third-order valence-electron chi connectivity index (χ3n) is 2.67. The van der Waals surface area contributed by atoms with E-state index < -0.39 is 0 Å². The summed E-state index contributed by atoms with van der Waals surface area (Å²) < 4.78 is 0. The van der Waals surface area contributed by atoms with E-state index in [1.807, 2.05) is 0 Å². The molecule has 0 unspecified atom stereocenters. The van der Waals surface area contributed by atoms with Gasteiger partial charge in [-0.05, 0) is 0 Å². The number of rotatable bonds is 1. The van der Waals surface area contributed by atoms with E-state index in [1.54, 1.807) is 11.8 Å². The molecular formula is C10H14N4O2. The number of carbonyl (C=O) groups is 2. The third-order valence-corrected chi connectivity index (χ3v) is 2.67. The second-order valence-electron chi connectivity index (χ2n) is 3.90. The van der Waals surface area contributed by atoms with Gasteiger partial charge in [-0.1, -0.05) is 0 Å². The number of fused-ring (bicyclic) bond motifs is 1. The Hall–Kier alpha value is -1.85. The minimum Gasteiger partial charge on any atom is -0.338 e. The van der Waals surface area contributed by atoms with Crippen LogP contribution in [0.1, 0.15) is 25.1 Å². The molecule has 1 aromatic heterocycles. The lowest BCUT2D eigenvalue weighted by Gasteiger charge is -2.25. The van der Waals surface area contributed by atoms with Crippen LogP contribution >= 0.6 is 0 Å². The Bertz CT molecular complexity index is 438. The van der Waals surface area contributed by atoms with E-state index in [2.05, 4.69) is 15.5 Å². The molecule has 0 bridgehead atoms. The lowest BCUT2D eigenvalue weighted by Crippen LogP contribution is -2.34. The monoisotopic (exact) mass is 222 g/mol. The van der Waals surface area contributed by atoms with Crippen LogP contribution in [0.5, 0.6) is 0 Å². The fraction of sp³-hybridized carbons (Fsp3) is 0.500. The van der Waals surface area contributed by atoms with Crippen LogP contribution in [0.2, 0.25) is 0 Å². The Morgan fingerprint density at radius 2 is 2.19 bits per heavy atom. The number of carbonyl (C=O) groups excluding carboxylic acids is 2. The highest BCUT2D eigenvalue weighted by molar-refractivity contribution is 5.88. The Morgan fingerprint density at radius 3 is 2.81 bits per heavy atom. The molecule has 0 fully saturated rings. The second-order valence-corrected chi connectivity index (χ2v) is 3.90. The summed E-state index contributed by atoms with van der Waals surface area (Å²) in [6, 6.07) is 0. The first-order valence-electron chi connectivity index (χ1n) is 5.17. The molecule has 0 spiro atoms. The van der Waals surface area contributed by atoms with Crippen LogP contribution in [0.25, 0.3) is 0 Å². The highest BCUT2D eigenvalue weighted by atomic mass is 16.2. The Kier molecular flexibility index (Phi) is 2.64. The van der Waals surface area contributed by atoms with E-state index in [0.29, 0.717) is 18.9 Å². The minimum atomic E-state index is -0.147. The average molecular weight is 222 g/mol. The van der Waals surface area contributed by atoms with Crippen LogP contribution in [0.15, 0.2) is 0 Å². The summed E-state index contributed by atoms with van der Waals surface area (Å²) >= 11 is 0. The maximum atomic E-state index is 11.3. The number of amides is 2. The molecule has 2 heterocycles. The van der Waals surface area contributed by atoms with Gasteiger partial charge >= 0.3 is 0 Å². The van der Waals surface area contributed by atoms with Crippen molar-refractivity contribution < 1.29 is 9.59 Å². The molecular weight excluding hydrogens is 208 g/mol. The van der Waals surface area contributed by atoms with E-state index in [0.717, 1.165) is 17.7 Å². The number of nitrogens with zero attached hydrogens (tertiary/aromatic N) is 2. The summed E-state index contributed by atoms with van der Waals surface area (Å²) in [5, 5.41) is 9.59. The third kappa shape index (κ3) is 1.91. The van der Waals surface area contributed by atoms with Crippen LogP contribution in [0.3, 0.4) is 0 Å². The maximum Gasteiger partial charge on any atom is 0.222 e.